The lowest BCUT2D eigenvalue weighted by atomic mass is 10.2. The van der Waals surface area contributed by atoms with Crippen LogP contribution in [0.25, 0.3) is 0 Å². The van der Waals surface area contributed by atoms with Crippen LogP contribution in [0.1, 0.15) is 17.7 Å². The van der Waals surface area contributed by atoms with Crippen molar-refractivity contribution in [3.8, 4) is 0 Å². The van der Waals surface area contributed by atoms with Gasteiger partial charge in [-0.25, -0.2) is 8.78 Å². The summed E-state index contributed by atoms with van der Waals surface area (Å²) in [7, 11) is 0. The molecule has 0 saturated carbocycles. The van der Waals surface area contributed by atoms with Crippen LogP contribution in [0.3, 0.4) is 0 Å². The Morgan fingerprint density at radius 1 is 1.58 bits per heavy atom. The van der Waals surface area contributed by atoms with Crippen LogP contribution in [0.15, 0.2) is 12.3 Å². The maximum Gasteiger partial charge on any atom is 0.280 e. The zero-order valence-corrected chi connectivity index (χ0v) is 6.17. The molecule has 0 bridgehead atoms. The standard InChI is InChI=1S/C7H8F2N2O/c8-7(9)6-4(3-12)1-5(10)2-11-6/h1-2,7,12H,3,10H2. The van der Waals surface area contributed by atoms with E-state index < -0.39 is 18.7 Å². The SMILES string of the molecule is Nc1cnc(C(F)F)c(CO)c1. The van der Waals surface area contributed by atoms with Crippen molar-refractivity contribution < 1.29 is 13.9 Å². The lowest BCUT2D eigenvalue weighted by Crippen LogP contribution is -2.00. The number of pyridine rings is 1. The summed E-state index contributed by atoms with van der Waals surface area (Å²) >= 11 is 0. The van der Waals surface area contributed by atoms with Gasteiger partial charge in [0.2, 0.25) is 0 Å². The minimum atomic E-state index is -2.67. The topological polar surface area (TPSA) is 59.1 Å². The molecule has 1 aromatic heterocycles. The van der Waals surface area contributed by atoms with Gasteiger partial charge in [-0.1, -0.05) is 0 Å². The van der Waals surface area contributed by atoms with Crippen molar-refractivity contribution in [2.45, 2.75) is 13.0 Å². The summed E-state index contributed by atoms with van der Waals surface area (Å²) < 4.78 is 24.3. The van der Waals surface area contributed by atoms with Crippen LogP contribution >= 0.6 is 0 Å². The van der Waals surface area contributed by atoms with E-state index in [-0.39, 0.29) is 11.3 Å². The van der Waals surface area contributed by atoms with Crippen LogP contribution in [-0.4, -0.2) is 10.1 Å². The molecule has 0 aliphatic carbocycles. The van der Waals surface area contributed by atoms with E-state index in [1.165, 1.54) is 6.07 Å². The molecule has 0 aliphatic rings. The number of rotatable bonds is 2. The molecule has 0 unspecified atom stereocenters. The number of halogens is 2. The summed E-state index contributed by atoms with van der Waals surface area (Å²) in [6, 6.07) is 1.29. The molecule has 0 atom stereocenters. The second-order valence-corrected chi connectivity index (χ2v) is 2.27. The number of hydrogen-bond donors (Lipinski definition) is 2. The molecule has 0 saturated heterocycles. The number of hydrogen-bond acceptors (Lipinski definition) is 3. The summed E-state index contributed by atoms with van der Waals surface area (Å²) in [6.45, 7) is -0.474. The molecule has 5 heteroatoms. The number of aliphatic hydroxyl groups excluding tert-OH is 1. The van der Waals surface area contributed by atoms with E-state index in [0.717, 1.165) is 6.20 Å². The maximum atomic E-state index is 12.1. The predicted molar refractivity (Wildman–Crippen MR) is 39.5 cm³/mol. The molecule has 0 radical (unpaired) electrons. The third kappa shape index (κ3) is 1.68. The molecule has 0 aliphatic heterocycles. The molecule has 12 heavy (non-hydrogen) atoms. The first-order chi connectivity index (χ1) is 5.65. The van der Waals surface area contributed by atoms with Crippen molar-refractivity contribution in [3.05, 3.63) is 23.5 Å². The fourth-order valence-electron chi connectivity index (χ4n) is 0.863. The molecule has 66 valence electrons. The van der Waals surface area contributed by atoms with Crippen molar-refractivity contribution >= 4 is 5.69 Å². The quantitative estimate of drug-likeness (QED) is 0.705. The largest absolute Gasteiger partial charge is 0.397 e. The summed E-state index contributed by atoms with van der Waals surface area (Å²) in [6.07, 6.45) is -1.53. The molecule has 0 fully saturated rings. The molecule has 0 spiro atoms. The number of aliphatic hydroxyl groups is 1. The number of anilines is 1. The highest BCUT2D eigenvalue weighted by atomic mass is 19.3. The Morgan fingerprint density at radius 3 is 2.75 bits per heavy atom. The minimum Gasteiger partial charge on any atom is -0.397 e. The monoisotopic (exact) mass is 174 g/mol. The fraction of sp³-hybridized carbons (Fsp3) is 0.286. The first-order valence-corrected chi connectivity index (χ1v) is 3.28. The highest BCUT2D eigenvalue weighted by Crippen LogP contribution is 2.21. The Kier molecular flexibility index (Phi) is 2.54. The first-order valence-electron chi connectivity index (χ1n) is 3.28. The van der Waals surface area contributed by atoms with E-state index in [4.69, 9.17) is 10.8 Å². The van der Waals surface area contributed by atoms with E-state index in [1.807, 2.05) is 0 Å². The molecule has 0 aromatic carbocycles. The van der Waals surface area contributed by atoms with Crippen LogP contribution in [0.4, 0.5) is 14.5 Å². The number of aromatic nitrogens is 1. The van der Waals surface area contributed by atoms with E-state index >= 15 is 0 Å². The molecule has 1 rings (SSSR count). The summed E-state index contributed by atoms with van der Waals surface area (Å²) in [4.78, 5) is 3.41. The average molecular weight is 174 g/mol. The molecular weight excluding hydrogens is 166 g/mol. The van der Waals surface area contributed by atoms with Gasteiger partial charge in [-0.3, -0.25) is 4.98 Å². The second kappa shape index (κ2) is 3.44. The lowest BCUT2D eigenvalue weighted by Gasteiger charge is -2.05. The van der Waals surface area contributed by atoms with Gasteiger partial charge in [-0.15, -0.1) is 0 Å². The second-order valence-electron chi connectivity index (χ2n) is 2.27. The van der Waals surface area contributed by atoms with Crippen molar-refractivity contribution in [2.75, 3.05) is 5.73 Å². The molecular formula is C7H8F2N2O. The van der Waals surface area contributed by atoms with Gasteiger partial charge < -0.3 is 10.8 Å². The number of nitrogens with zero attached hydrogens (tertiary/aromatic N) is 1. The number of nitrogen functional groups attached to an aromatic ring is 1. The lowest BCUT2D eigenvalue weighted by molar-refractivity contribution is 0.141. The van der Waals surface area contributed by atoms with Crippen LogP contribution in [-0.2, 0) is 6.61 Å². The van der Waals surface area contributed by atoms with Crippen molar-refractivity contribution in [3.63, 3.8) is 0 Å². The van der Waals surface area contributed by atoms with E-state index in [2.05, 4.69) is 4.98 Å². The van der Waals surface area contributed by atoms with Crippen molar-refractivity contribution in [1.29, 1.82) is 0 Å². The summed E-state index contributed by atoms with van der Waals surface area (Å²) in [5.41, 5.74) is 5.22. The van der Waals surface area contributed by atoms with Gasteiger partial charge in [0.1, 0.15) is 5.69 Å². The van der Waals surface area contributed by atoms with Crippen LogP contribution < -0.4 is 5.73 Å². The van der Waals surface area contributed by atoms with Gasteiger partial charge in [0, 0.05) is 5.56 Å². The van der Waals surface area contributed by atoms with Gasteiger partial charge >= 0.3 is 0 Å². The van der Waals surface area contributed by atoms with Crippen molar-refractivity contribution in [1.82, 2.24) is 4.98 Å². The van der Waals surface area contributed by atoms with Gasteiger partial charge in [0.15, 0.2) is 0 Å². The predicted octanol–water partition coefficient (Wildman–Crippen LogP) is 1.09. The maximum absolute atomic E-state index is 12.1. The van der Waals surface area contributed by atoms with E-state index in [1.54, 1.807) is 0 Å². The van der Waals surface area contributed by atoms with Crippen molar-refractivity contribution in [2.24, 2.45) is 0 Å². The molecule has 0 amide bonds. The molecule has 3 nitrogen and oxygen atoms in total. The smallest absolute Gasteiger partial charge is 0.280 e. The third-order valence-electron chi connectivity index (χ3n) is 1.40. The third-order valence-corrected chi connectivity index (χ3v) is 1.40. The molecule has 3 N–H and O–H groups in total. The van der Waals surface area contributed by atoms with Gasteiger partial charge in [-0.2, -0.15) is 0 Å². The van der Waals surface area contributed by atoms with E-state index in [9.17, 15) is 8.78 Å². The highest BCUT2D eigenvalue weighted by molar-refractivity contribution is 5.40. The fourth-order valence-corrected chi connectivity index (χ4v) is 0.863. The number of alkyl halides is 2. The minimum absolute atomic E-state index is 0.0741. The molecule has 1 heterocycles. The Labute approximate surface area is 67.8 Å². The normalized spacial score (nSPS) is 10.7. The van der Waals surface area contributed by atoms with Gasteiger partial charge in [0.05, 0.1) is 18.5 Å². The zero-order valence-electron chi connectivity index (χ0n) is 6.17. The molecule has 1 aromatic rings. The highest BCUT2D eigenvalue weighted by Gasteiger charge is 2.13. The van der Waals surface area contributed by atoms with Crippen LogP contribution in [0, 0.1) is 0 Å². The van der Waals surface area contributed by atoms with Gasteiger partial charge in [0.25, 0.3) is 6.43 Å². The van der Waals surface area contributed by atoms with Gasteiger partial charge in [-0.05, 0) is 6.07 Å². The average Bonchev–Trinajstić information content (AvgIpc) is 2.03. The Balaban J connectivity index is 3.11. The Bertz CT molecular complexity index is 278. The Hall–Kier alpha value is -1.23. The van der Waals surface area contributed by atoms with Crippen LogP contribution in [0.5, 0.6) is 0 Å². The number of nitrogens with two attached hydrogens (primary N) is 1. The van der Waals surface area contributed by atoms with E-state index in [0.29, 0.717) is 0 Å². The zero-order chi connectivity index (χ0) is 9.14. The van der Waals surface area contributed by atoms with Crippen LogP contribution in [0.2, 0.25) is 0 Å². The Morgan fingerprint density at radius 2 is 2.25 bits per heavy atom. The first kappa shape index (κ1) is 8.86. The summed E-state index contributed by atoms with van der Waals surface area (Å²) in [5.74, 6) is 0. The summed E-state index contributed by atoms with van der Waals surface area (Å²) in [5, 5.41) is 8.66.